The van der Waals surface area contributed by atoms with E-state index in [1.165, 1.54) is 23.1 Å². The van der Waals surface area contributed by atoms with Gasteiger partial charge < -0.3 is 20.2 Å². The fourth-order valence-corrected chi connectivity index (χ4v) is 5.37. The number of carbonyl (C=O) groups is 3. The van der Waals surface area contributed by atoms with Crippen molar-refractivity contribution in [3.63, 3.8) is 0 Å². The van der Waals surface area contributed by atoms with Crippen molar-refractivity contribution in [2.24, 2.45) is 5.41 Å². The summed E-state index contributed by atoms with van der Waals surface area (Å²) in [5, 5.41) is 12.1. The summed E-state index contributed by atoms with van der Waals surface area (Å²) in [4.78, 5) is 40.4. The molecule has 7 nitrogen and oxygen atoms in total. The molecule has 3 amide bonds. The number of carboxylic acid groups (broad SMARTS) is 1. The molecular weight excluding hydrogens is 389 g/mol. The van der Waals surface area contributed by atoms with Crippen molar-refractivity contribution in [1.82, 2.24) is 15.1 Å². The minimum Gasteiger partial charge on any atom is -0.465 e. The molecule has 4 rings (SSSR count). The molecule has 2 saturated heterocycles. The van der Waals surface area contributed by atoms with Crippen molar-refractivity contribution >= 4 is 17.9 Å². The zero-order chi connectivity index (χ0) is 21.3. The molecular formula is C22H28FN3O4. The van der Waals surface area contributed by atoms with Crippen LogP contribution in [0.4, 0.5) is 9.18 Å². The summed E-state index contributed by atoms with van der Waals surface area (Å²) in [5.41, 5.74) is -0.151. The Balaban J connectivity index is 1.38. The summed E-state index contributed by atoms with van der Waals surface area (Å²) >= 11 is 0. The lowest BCUT2D eigenvalue weighted by atomic mass is 9.71. The minimum atomic E-state index is -0.901. The molecule has 2 unspecified atom stereocenters. The number of hydrogen-bond donors (Lipinski definition) is 2. The van der Waals surface area contributed by atoms with Crippen LogP contribution in [0, 0.1) is 11.2 Å². The molecule has 2 atom stereocenters. The molecule has 0 bridgehead atoms. The number of carbonyl (C=O) groups excluding carboxylic acids is 2. The van der Waals surface area contributed by atoms with E-state index in [9.17, 15) is 18.8 Å². The monoisotopic (exact) mass is 417 g/mol. The smallest absolute Gasteiger partial charge is 0.407 e. The standard InChI is InChI=1S/C22H28FN3O4/c23-16-4-1-3-15(13-16)19(27)24-17-5-2-8-22(14-17)9-12-26(20(22)28)18-6-10-25(11-7-18)21(29)30/h1,3-4,13,17-18H,2,5-12,14H2,(H,24,27)(H,29,30). The van der Waals surface area contributed by atoms with Crippen molar-refractivity contribution in [2.45, 2.75) is 57.0 Å². The van der Waals surface area contributed by atoms with Gasteiger partial charge in [-0.15, -0.1) is 0 Å². The first-order chi connectivity index (χ1) is 14.4. The molecule has 1 spiro atoms. The zero-order valence-corrected chi connectivity index (χ0v) is 17.0. The second-order valence-electron chi connectivity index (χ2n) is 8.81. The Bertz CT molecular complexity index is 839. The maximum absolute atomic E-state index is 13.4. The normalized spacial score (nSPS) is 27.5. The summed E-state index contributed by atoms with van der Waals surface area (Å²) in [6.07, 6.45) is 4.33. The highest BCUT2D eigenvalue weighted by Crippen LogP contribution is 2.46. The summed E-state index contributed by atoms with van der Waals surface area (Å²) < 4.78 is 13.4. The third kappa shape index (κ3) is 4.00. The molecule has 1 aromatic carbocycles. The Kier molecular flexibility index (Phi) is 5.66. The van der Waals surface area contributed by atoms with E-state index in [-0.39, 0.29) is 23.9 Å². The Hall–Kier alpha value is -2.64. The predicted molar refractivity (Wildman–Crippen MR) is 108 cm³/mol. The number of hydrogen-bond acceptors (Lipinski definition) is 3. The van der Waals surface area contributed by atoms with Gasteiger partial charge in [0.05, 0.1) is 5.41 Å². The van der Waals surface area contributed by atoms with Crippen LogP contribution in [0.1, 0.15) is 55.3 Å². The van der Waals surface area contributed by atoms with Gasteiger partial charge in [0.1, 0.15) is 5.82 Å². The van der Waals surface area contributed by atoms with Crippen molar-refractivity contribution in [1.29, 1.82) is 0 Å². The van der Waals surface area contributed by atoms with Gasteiger partial charge in [0, 0.05) is 37.3 Å². The second-order valence-corrected chi connectivity index (χ2v) is 8.81. The van der Waals surface area contributed by atoms with E-state index in [4.69, 9.17) is 5.11 Å². The Morgan fingerprint density at radius 1 is 1.13 bits per heavy atom. The molecule has 30 heavy (non-hydrogen) atoms. The van der Waals surface area contributed by atoms with Gasteiger partial charge in [-0.05, 0) is 56.7 Å². The molecule has 1 aliphatic carbocycles. The lowest BCUT2D eigenvalue weighted by Gasteiger charge is -2.39. The van der Waals surface area contributed by atoms with Crippen LogP contribution in [0.5, 0.6) is 0 Å². The molecule has 1 aromatic rings. The number of likely N-dealkylation sites (tertiary alicyclic amines) is 2. The second kappa shape index (κ2) is 8.24. The van der Waals surface area contributed by atoms with Crippen molar-refractivity contribution in [3.8, 4) is 0 Å². The molecule has 8 heteroatoms. The fraction of sp³-hybridized carbons (Fsp3) is 0.591. The number of nitrogens with one attached hydrogen (secondary N) is 1. The van der Waals surface area contributed by atoms with Crippen LogP contribution >= 0.6 is 0 Å². The molecule has 2 N–H and O–H groups in total. The predicted octanol–water partition coefficient (Wildman–Crippen LogP) is 2.86. The third-order valence-corrected chi connectivity index (χ3v) is 6.99. The highest BCUT2D eigenvalue weighted by atomic mass is 19.1. The average molecular weight is 417 g/mol. The quantitative estimate of drug-likeness (QED) is 0.791. The molecule has 0 aromatic heterocycles. The number of amides is 3. The van der Waals surface area contributed by atoms with Gasteiger partial charge >= 0.3 is 6.09 Å². The highest BCUT2D eigenvalue weighted by Gasteiger charge is 2.51. The lowest BCUT2D eigenvalue weighted by Crippen LogP contribution is -2.50. The van der Waals surface area contributed by atoms with Crippen LogP contribution in [-0.4, -0.2) is 64.5 Å². The van der Waals surface area contributed by atoms with Crippen molar-refractivity contribution in [3.05, 3.63) is 35.6 Å². The number of rotatable bonds is 3. The minimum absolute atomic E-state index is 0.0923. The SMILES string of the molecule is O=C(NC1CCCC2(CCN(C3CCN(C(=O)O)CC3)C2=O)C1)c1cccc(F)c1. The molecule has 2 aliphatic heterocycles. The summed E-state index contributed by atoms with van der Waals surface area (Å²) in [5.74, 6) is -0.598. The molecule has 3 aliphatic rings. The third-order valence-electron chi connectivity index (χ3n) is 6.99. The fourth-order valence-electron chi connectivity index (χ4n) is 5.37. The van der Waals surface area contributed by atoms with Gasteiger partial charge in [-0.3, -0.25) is 9.59 Å². The van der Waals surface area contributed by atoms with E-state index in [2.05, 4.69) is 5.32 Å². The van der Waals surface area contributed by atoms with Gasteiger partial charge in [-0.2, -0.15) is 0 Å². The summed E-state index contributed by atoms with van der Waals surface area (Å²) in [7, 11) is 0. The van der Waals surface area contributed by atoms with E-state index in [0.717, 1.165) is 25.7 Å². The van der Waals surface area contributed by atoms with Gasteiger partial charge in [0.2, 0.25) is 5.91 Å². The Labute approximate surface area is 175 Å². The van der Waals surface area contributed by atoms with Gasteiger partial charge in [0.25, 0.3) is 5.91 Å². The molecule has 2 heterocycles. The molecule has 1 saturated carbocycles. The van der Waals surface area contributed by atoms with Gasteiger partial charge in [0.15, 0.2) is 0 Å². The maximum atomic E-state index is 13.4. The Morgan fingerprint density at radius 3 is 2.60 bits per heavy atom. The number of nitrogens with zero attached hydrogens (tertiary/aromatic N) is 2. The van der Waals surface area contributed by atoms with Crippen LogP contribution in [0.3, 0.4) is 0 Å². The first-order valence-corrected chi connectivity index (χ1v) is 10.7. The van der Waals surface area contributed by atoms with Crippen LogP contribution in [0.15, 0.2) is 24.3 Å². The van der Waals surface area contributed by atoms with Gasteiger partial charge in [-0.25, -0.2) is 9.18 Å². The molecule has 0 radical (unpaired) electrons. The first kappa shape index (κ1) is 20.6. The van der Waals surface area contributed by atoms with Crippen LogP contribution in [0.2, 0.25) is 0 Å². The van der Waals surface area contributed by atoms with Crippen molar-refractivity contribution in [2.75, 3.05) is 19.6 Å². The first-order valence-electron chi connectivity index (χ1n) is 10.7. The summed E-state index contributed by atoms with van der Waals surface area (Å²) in [6.45, 7) is 1.62. The van der Waals surface area contributed by atoms with Crippen LogP contribution < -0.4 is 5.32 Å². The highest BCUT2D eigenvalue weighted by molar-refractivity contribution is 5.94. The lowest BCUT2D eigenvalue weighted by molar-refractivity contribution is -0.140. The molecule has 3 fully saturated rings. The van der Waals surface area contributed by atoms with E-state index >= 15 is 0 Å². The summed E-state index contributed by atoms with van der Waals surface area (Å²) in [6, 6.07) is 5.62. The van der Waals surface area contributed by atoms with Crippen LogP contribution in [0.25, 0.3) is 0 Å². The van der Waals surface area contributed by atoms with E-state index < -0.39 is 17.3 Å². The Morgan fingerprint density at radius 2 is 1.90 bits per heavy atom. The number of piperidine rings is 1. The largest absolute Gasteiger partial charge is 0.465 e. The number of halogens is 1. The van der Waals surface area contributed by atoms with E-state index in [1.807, 2.05) is 4.90 Å². The van der Waals surface area contributed by atoms with E-state index in [1.54, 1.807) is 6.07 Å². The average Bonchev–Trinajstić information content (AvgIpc) is 3.03. The van der Waals surface area contributed by atoms with E-state index in [0.29, 0.717) is 44.5 Å². The molecule has 162 valence electrons. The van der Waals surface area contributed by atoms with Gasteiger partial charge in [-0.1, -0.05) is 12.5 Å². The number of benzene rings is 1. The zero-order valence-electron chi connectivity index (χ0n) is 17.0. The van der Waals surface area contributed by atoms with Crippen molar-refractivity contribution < 1.29 is 23.9 Å². The maximum Gasteiger partial charge on any atom is 0.407 e. The topological polar surface area (TPSA) is 90.0 Å². The van der Waals surface area contributed by atoms with Crippen LogP contribution in [-0.2, 0) is 4.79 Å².